The van der Waals surface area contributed by atoms with Crippen molar-refractivity contribution in [1.82, 2.24) is 20.1 Å². The fourth-order valence-electron chi connectivity index (χ4n) is 2.64. The van der Waals surface area contributed by atoms with E-state index < -0.39 is 0 Å². The molecule has 122 valence electrons. The maximum absolute atomic E-state index is 12.1. The number of rotatable bonds is 4. The average molecular weight is 330 g/mol. The number of benzene rings is 1. The molecule has 1 fully saturated rings. The second kappa shape index (κ2) is 7.17. The molecule has 1 amide bonds. The molecule has 1 unspecified atom stereocenters. The largest absolute Gasteiger partial charge is 0.355 e. The molecule has 5 nitrogen and oxygen atoms in total. The third-order valence-corrected chi connectivity index (χ3v) is 4.98. The topological polar surface area (TPSA) is 59.8 Å². The van der Waals surface area contributed by atoms with E-state index >= 15 is 0 Å². The molecule has 3 rings (SSSR count). The number of hydrogen-bond donors (Lipinski definition) is 1. The summed E-state index contributed by atoms with van der Waals surface area (Å²) in [6.07, 6.45) is 2.99. The van der Waals surface area contributed by atoms with Crippen LogP contribution in [0.2, 0.25) is 0 Å². The van der Waals surface area contributed by atoms with Crippen molar-refractivity contribution in [2.24, 2.45) is 0 Å². The second-order valence-electron chi connectivity index (χ2n) is 6.05. The molecule has 1 aromatic carbocycles. The Bertz CT molecular complexity index is 668. The normalized spacial score (nSPS) is 18.7. The lowest BCUT2D eigenvalue weighted by atomic mass is 10.2. The van der Waals surface area contributed by atoms with Crippen LogP contribution >= 0.6 is 11.8 Å². The van der Waals surface area contributed by atoms with Gasteiger partial charge in [-0.15, -0.1) is 5.10 Å². The molecule has 6 heteroatoms. The summed E-state index contributed by atoms with van der Waals surface area (Å²) in [6, 6.07) is 10.0. The monoisotopic (exact) mass is 330 g/mol. The maximum atomic E-state index is 12.1. The van der Waals surface area contributed by atoms with Gasteiger partial charge in [-0.25, -0.2) is 9.67 Å². The van der Waals surface area contributed by atoms with Gasteiger partial charge in [0.2, 0.25) is 11.1 Å². The lowest BCUT2D eigenvalue weighted by Crippen LogP contribution is -2.30. The van der Waals surface area contributed by atoms with Crippen LogP contribution in [0.25, 0.3) is 5.69 Å². The Morgan fingerprint density at radius 2 is 2.04 bits per heavy atom. The number of thioether (sulfide) groups is 1. The van der Waals surface area contributed by atoms with E-state index in [0.29, 0.717) is 5.16 Å². The van der Waals surface area contributed by atoms with E-state index in [4.69, 9.17) is 0 Å². The van der Waals surface area contributed by atoms with Gasteiger partial charge in [0.05, 0.1) is 10.9 Å². The van der Waals surface area contributed by atoms with Crippen LogP contribution < -0.4 is 5.32 Å². The summed E-state index contributed by atoms with van der Waals surface area (Å²) in [5.41, 5.74) is 1.00. The molecule has 1 aliphatic rings. The molecule has 1 N–H and O–H groups in total. The molecule has 0 radical (unpaired) electrons. The zero-order valence-electron chi connectivity index (χ0n) is 13.5. The van der Waals surface area contributed by atoms with Crippen LogP contribution in [0.15, 0.2) is 35.5 Å². The summed E-state index contributed by atoms with van der Waals surface area (Å²) >= 11 is 1.48. The Labute approximate surface area is 140 Å². The Morgan fingerprint density at radius 1 is 1.26 bits per heavy atom. The molecule has 0 spiro atoms. The number of para-hydroxylation sites is 1. The summed E-state index contributed by atoms with van der Waals surface area (Å²) in [5.74, 6) is 1.29. The highest BCUT2D eigenvalue weighted by atomic mass is 32.2. The second-order valence-corrected chi connectivity index (χ2v) is 7.22. The molecular formula is C17H22N4OS. The number of carbonyl (C=O) groups is 1. The zero-order chi connectivity index (χ0) is 16.2. The highest BCUT2D eigenvalue weighted by molar-refractivity contribution is 8.00. The SMILES string of the molecule is CC(C)c1nc(SC2CCCCNC2=O)nn1-c1ccccc1. The van der Waals surface area contributed by atoms with Gasteiger partial charge in [0.15, 0.2) is 0 Å². The van der Waals surface area contributed by atoms with Crippen molar-refractivity contribution in [3.63, 3.8) is 0 Å². The Morgan fingerprint density at radius 3 is 2.78 bits per heavy atom. The van der Waals surface area contributed by atoms with Gasteiger partial charge in [-0.2, -0.15) is 0 Å². The van der Waals surface area contributed by atoms with Crippen LogP contribution in [0, 0.1) is 0 Å². The maximum Gasteiger partial charge on any atom is 0.233 e. The van der Waals surface area contributed by atoms with E-state index in [1.807, 2.05) is 35.0 Å². The van der Waals surface area contributed by atoms with E-state index in [2.05, 4.69) is 29.2 Å². The molecule has 0 saturated carbocycles. The first-order valence-corrected chi connectivity index (χ1v) is 9.00. The smallest absolute Gasteiger partial charge is 0.233 e. The molecule has 2 aromatic rings. The van der Waals surface area contributed by atoms with Gasteiger partial charge in [-0.1, -0.05) is 50.2 Å². The van der Waals surface area contributed by atoms with E-state index in [0.717, 1.165) is 37.3 Å². The molecule has 1 aliphatic heterocycles. The van der Waals surface area contributed by atoms with Crippen LogP contribution in [0.3, 0.4) is 0 Å². The van der Waals surface area contributed by atoms with Gasteiger partial charge >= 0.3 is 0 Å². The minimum absolute atomic E-state index is 0.0934. The number of hydrogen-bond acceptors (Lipinski definition) is 4. The van der Waals surface area contributed by atoms with Crippen molar-refractivity contribution in [3.8, 4) is 5.69 Å². The Balaban J connectivity index is 1.87. The molecule has 1 atom stereocenters. The highest BCUT2D eigenvalue weighted by Gasteiger charge is 2.25. The third-order valence-electron chi connectivity index (χ3n) is 3.86. The van der Waals surface area contributed by atoms with Crippen LogP contribution in [-0.2, 0) is 4.79 Å². The first-order valence-electron chi connectivity index (χ1n) is 8.12. The predicted molar refractivity (Wildman–Crippen MR) is 92.0 cm³/mol. The quantitative estimate of drug-likeness (QED) is 0.935. The number of amides is 1. The number of carbonyl (C=O) groups excluding carboxylic acids is 1. The minimum atomic E-state index is -0.0934. The molecule has 1 aromatic heterocycles. The minimum Gasteiger partial charge on any atom is -0.355 e. The summed E-state index contributed by atoms with van der Waals surface area (Å²) in [7, 11) is 0. The molecule has 0 aliphatic carbocycles. The van der Waals surface area contributed by atoms with Gasteiger partial charge < -0.3 is 5.32 Å². The fourth-order valence-corrected chi connectivity index (χ4v) is 3.64. The number of nitrogens with one attached hydrogen (secondary N) is 1. The van der Waals surface area contributed by atoms with Crippen molar-refractivity contribution in [2.75, 3.05) is 6.54 Å². The Kier molecular flexibility index (Phi) is 5.00. The molecular weight excluding hydrogens is 308 g/mol. The van der Waals surface area contributed by atoms with Gasteiger partial charge in [0.25, 0.3) is 0 Å². The van der Waals surface area contributed by atoms with Crippen molar-refractivity contribution in [2.45, 2.75) is 49.4 Å². The first kappa shape index (κ1) is 16.1. The van der Waals surface area contributed by atoms with Crippen LogP contribution in [-0.4, -0.2) is 32.5 Å². The lowest BCUT2D eigenvalue weighted by Gasteiger charge is -2.09. The van der Waals surface area contributed by atoms with Gasteiger partial charge in [-0.3, -0.25) is 4.79 Å². The molecule has 23 heavy (non-hydrogen) atoms. The van der Waals surface area contributed by atoms with Crippen molar-refractivity contribution >= 4 is 17.7 Å². The summed E-state index contributed by atoms with van der Waals surface area (Å²) in [5, 5.41) is 8.20. The van der Waals surface area contributed by atoms with E-state index in [1.54, 1.807) is 0 Å². The standard InChI is InChI=1S/C17H22N4OS/c1-12(2)15-19-17(20-21(15)13-8-4-3-5-9-13)23-14-10-6-7-11-18-16(14)22/h3-5,8-9,12,14H,6-7,10-11H2,1-2H3,(H,18,22). The van der Waals surface area contributed by atoms with Crippen molar-refractivity contribution in [1.29, 1.82) is 0 Å². The fraction of sp³-hybridized carbons (Fsp3) is 0.471. The van der Waals surface area contributed by atoms with Gasteiger partial charge in [0, 0.05) is 12.5 Å². The lowest BCUT2D eigenvalue weighted by molar-refractivity contribution is -0.120. The van der Waals surface area contributed by atoms with Gasteiger partial charge in [0.1, 0.15) is 5.82 Å². The highest BCUT2D eigenvalue weighted by Crippen LogP contribution is 2.28. The zero-order valence-corrected chi connectivity index (χ0v) is 14.3. The average Bonchev–Trinajstić information content (AvgIpc) is 2.88. The summed E-state index contributed by atoms with van der Waals surface area (Å²) in [4.78, 5) is 16.8. The Hall–Kier alpha value is -1.82. The summed E-state index contributed by atoms with van der Waals surface area (Å²) < 4.78 is 1.89. The van der Waals surface area contributed by atoms with Crippen LogP contribution in [0.5, 0.6) is 0 Å². The van der Waals surface area contributed by atoms with Crippen LogP contribution in [0.1, 0.15) is 44.9 Å². The molecule has 1 saturated heterocycles. The van der Waals surface area contributed by atoms with Crippen molar-refractivity contribution < 1.29 is 4.79 Å². The summed E-state index contributed by atoms with van der Waals surface area (Å²) in [6.45, 7) is 4.99. The van der Waals surface area contributed by atoms with E-state index in [1.165, 1.54) is 11.8 Å². The van der Waals surface area contributed by atoms with E-state index in [-0.39, 0.29) is 17.1 Å². The first-order chi connectivity index (χ1) is 11.1. The third kappa shape index (κ3) is 3.75. The molecule has 0 bridgehead atoms. The van der Waals surface area contributed by atoms with E-state index in [9.17, 15) is 4.79 Å². The number of nitrogens with zero attached hydrogens (tertiary/aromatic N) is 3. The van der Waals surface area contributed by atoms with Crippen LogP contribution in [0.4, 0.5) is 0 Å². The predicted octanol–water partition coefficient (Wildman–Crippen LogP) is 3.15. The number of aromatic nitrogens is 3. The molecule has 2 heterocycles. The van der Waals surface area contributed by atoms with Crippen molar-refractivity contribution in [3.05, 3.63) is 36.2 Å². The van der Waals surface area contributed by atoms with Gasteiger partial charge in [-0.05, 0) is 25.0 Å².